The first-order valence-electron chi connectivity index (χ1n) is 9.75. The van der Waals surface area contributed by atoms with Crippen molar-refractivity contribution in [3.63, 3.8) is 0 Å². The highest BCUT2D eigenvalue weighted by Gasteiger charge is 2.31. The van der Waals surface area contributed by atoms with Crippen LogP contribution in [0.3, 0.4) is 0 Å². The Kier molecular flexibility index (Phi) is 5.92. The number of ether oxygens (including phenoxy) is 1. The SMILES string of the molecule is O=C(c1cccc(OCc2cccs2)c1)N1CCCC(N2CCNCC2=O)C1. The number of amides is 2. The second kappa shape index (κ2) is 8.75. The number of carbonyl (C=O) groups excluding carboxylic acids is 2. The Morgan fingerprint density at radius 2 is 2.18 bits per heavy atom. The highest BCUT2D eigenvalue weighted by atomic mass is 32.1. The first kappa shape index (κ1) is 19.0. The Bertz CT molecular complexity index is 824. The van der Waals surface area contributed by atoms with Gasteiger partial charge < -0.3 is 19.9 Å². The Hall–Kier alpha value is -2.38. The number of piperazine rings is 1. The normalized spacial score (nSPS) is 20.3. The number of hydrogen-bond acceptors (Lipinski definition) is 5. The van der Waals surface area contributed by atoms with Gasteiger partial charge in [0.1, 0.15) is 12.4 Å². The average Bonchev–Trinajstić information content (AvgIpc) is 3.26. The van der Waals surface area contributed by atoms with Gasteiger partial charge in [-0.15, -0.1) is 11.3 Å². The van der Waals surface area contributed by atoms with E-state index in [1.807, 2.05) is 51.6 Å². The zero-order valence-corrected chi connectivity index (χ0v) is 16.6. The van der Waals surface area contributed by atoms with Gasteiger partial charge >= 0.3 is 0 Å². The molecule has 2 amide bonds. The summed E-state index contributed by atoms with van der Waals surface area (Å²) in [6.45, 7) is 3.78. The quantitative estimate of drug-likeness (QED) is 0.839. The molecule has 0 spiro atoms. The largest absolute Gasteiger partial charge is 0.488 e. The lowest BCUT2D eigenvalue weighted by molar-refractivity contribution is -0.135. The van der Waals surface area contributed by atoms with Crippen molar-refractivity contribution in [1.82, 2.24) is 15.1 Å². The highest BCUT2D eigenvalue weighted by molar-refractivity contribution is 7.09. The minimum atomic E-state index is 0.00820. The number of piperidine rings is 1. The molecule has 1 N–H and O–H groups in total. The molecule has 28 heavy (non-hydrogen) atoms. The number of likely N-dealkylation sites (tertiary alicyclic amines) is 1. The lowest BCUT2D eigenvalue weighted by Gasteiger charge is -2.41. The minimum Gasteiger partial charge on any atom is -0.488 e. The van der Waals surface area contributed by atoms with Gasteiger partial charge in [0.05, 0.1) is 6.54 Å². The number of hydrogen-bond donors (Lipinski definition) is 1. The molecule has 0 aliphatic carbocycles. The molecule has 6 nitrogen and oxygen atoms in total. The molecule has 0 bridgehead atoms. The van der Waals surface area contributed by atoms with Crippen molar-refractivity contribution in [3.05, 3.63) is 52.2 Å². The van der Waals surface area contributed by atoms with Gasteiger partial charge in [-0.3, -0.25) is 9.59 Å². The molecule has 0 saturated carbocycles. The van der Waals surface area contributed by atoms with Crippen molar-refractivity contribution in [1.29, 1.82) is 0 Å². The van der Waals surface area contributed by atoms with E-state index in [0.717, 1.165) is 37.4 Å². The fourth-order valence-corrected chi connectivity index (χ4v) is 4.47. The molecule has 148 valence electrons. The lowest BCUT2D eigenvalue weighted by atomic mass is 10.0. The summed E-state index contributed by atoms with van der Waals surface area (Å²) in [6.07, 6.45) is 1.88. The summed E-state index contributed by atoms with van der Waals surface area (Å²) in [6, 6.07) is 11.5. The third-order valence-electron chi connectivity index (χ3n) is 5.29. The molecule has 1 atom stereocenters. The fraction of sp³-hybridized carbons (Fsp3) is 0.429. The molecule has 0 radical (unpaired) electrons. The standard InChI is InChI=1S/C21H25N3O3S/c25-20-13-22-8-10-24(20)17-5-2-9-23(14-17)21(26)16-4-1-6-18(12-16)27-15-19-7-3-11-28-19/h1,3-4,6-7,11-12,17,22H,2,5,8-10,13-15H2. The van der Waals surface area contributed by atoms with Crippen molar-refractivity contribution < 1.29 is 14.3 Å². The predicted molar refractivity (Wildman–Crippen MR) is 109 cm³/mol. The first-order valence-corrected chi connectivity index (χ1v) is 10.6. The number of nitrogens with zero attached hydrogens (tertiary/aromatic N) is 2. The van der Waals surface area contributed by atoms with E-state index in [4.69, 9.17) is 4.74 Å². The van der Waals surface area contributed by atoms with E-state index < -0.39 is 0 Å². The molecule has 4 rings (SSSR count). The number of carbonyl (C=O) groups is 2. The van der Waals surface area contributed by atoms with Crippen LogP contribution >= 0.6 is 11.3 Å². The second-order valence-electron chi connectivity index (χ2n) is 7.21. The molecule has 2 aliphatic heterocycles. The van der Waals surface area contributed by atoms with E-state index in [1.165, 1.54) is 0 Å². The van der Waals surface area contributed by atoms with E-state index in [9.17, 15) is 9.59 Å². The van der Waals surface area contributed by atoms with Crippen LogP contribution in [0.2, 0.25) is 0 Å². The molecule has 1 aromatic carbocycles. The topological polar surface area (TPSA) is 61.9 Å². The van der Waals surface area contributed by atoms with Gasteiger partial charge in [0.15, 0.2) is 0 Å². The fourth-order valence-electron chi connectivity index (χ4n) is 3.85. The van der Waals surface area contributed by atoms with Crippen molar-refractivity contribution >= 4 is 23.2 Å². The van der Waals surface area contributed by atoms with Crippen molar-refractivity contribution in [2.24, 2.45) is 0 Å². The van der Waals surface area contributed by atoms with Gasteiger partial charge in [0.25, 0.3) is 5.91 Å². The monoisotopic (exact) mass is 399 g/mol. The van der Waals surface area contributed by atoms with Gasteiger partial charge in [-0.05, 0) is 42.5 Å². The number of benzene rings is 1. The molecule has 1 unspecified atom stereocenters. The molecule has 2 saturated heterocycles. The van der Waals surface area contributed by atoms with Crippen LogP contribution in [0.25, 0.3) is 0 Å². The van der Waals surface area contributed by atoms with Gasteiger partial charge in [0.2, 0.25) is 5.91 Å². The smallest absolute Gasteiger partial charge is 0.254 e. The summed E-state index contributed by atoms with van der Waals surface area (Å²) in [5.74, 6) is 0.841. The molecular weight excluding hydrogens is 374 g/mol. The highest BCUT2D eigenvalue weighted by Crippen LogP contribution is 2.22. The van der Waals surface area contributed by atoms with Crippen LogP contribution in [0.4, 0.5) is 0 Å². The molecule has 7 heteroatoms. The van der Waals surface area contributed by atoms with Crippen LogP contribution in [0.5, 0.6) is 5.75 Å². The molecule has 2 fully saturated rings. The summed E-state index contributed by atoms with van der Waals surface area (Å²) < 4.78 is 5.84. The summed E-state index contributed by atoms with van der Waals surface area (Å²) in [5.41, 5.74) is 0.635. The Labute approximate surface area is 169 Å². The van der Waals surface area contributed by atoms with Crippen LogP contribution < -0.4 is 10.1 Å². The van der Waals surface area contributed by atoms with Crippen LogP contribution in [0.1, 0.15) is 28.1 Å². The third kappa shape index (κ3) is 4.36. The van der Waals surface area contributed by atoms with Crippen LogP contribution in [-0.4, -0.2) is 60.4 Å². The zero-order valence-electron chi connectivity index (χ0n) is 15.8. The molecule has 3 heterocycles. The maximum Gasteiger partial charge on any atom is 0.254 e. The Balaban J connectivity index is 1.40. The summed E-state index contributed by atoms with van der Waals surface area (Å²) in [7, 11) is 0. The van der Waals surface area contributed by atoms with Crippen molar-refractivity contribution in [2.45, 2.75) is 25.5 Å². The zero-order chi connectivity index (χ0) is 19.3. The van der Waals surface area contributed by atoms with Gasteiger partial charge in [-0.1, -0.05) is 12.1 Å². The molecular formula is C21H25N3O3S. The predicted octanol–water partition coefficient (Wildman–Crippen LogP) is 2.36. The van der Waals surface area contributed by atoms with E-state index >= 15 is 0 Å². The van der Waals surface area contributed by atoms with E-state index in [0.29, 0.717) is 31.0 Å². The minimum absolute atomic E-state index is 0.00820. The molecule has 2 aliphatic rings. The first-order chi connectivity index (χ1) is 13.7. The van der Waals surface area contributed by atoms with Gasteiger partial charge in [-0.25, -0.2) is 0 Å². The molecule has 1 aromatic heterocycles. The van der Waals surface area contributed by atoms with Crippen molar-refractivity contribution in [2.75, 3.05) is 32.7 Å². The van der Waals surface area contributed by atoms with Gasteiger partial charge in [-0.2, -0.15) is 0 Å². The number of thiophene rings is 1. The van der Waals surface area contributed by atoms with E-state index in [-0.39, 0.29) is 17.9 Å². The summed E-state index contributed by atoms with van der Waals surface area (Å²) in [4.78, 5) is 30.2. The summed E-state index contributed by atoms with van der Waals surface area (Å²) >= 11 is 1.65. The van der Waals surface area contributed by atoms with Crippen LogP contribution in [-0.2, 0) is 11.4 Å². The van der Waals surface area contributed by atoms with Gasteiger partial charge in [0, 0.05) is 42.7 Å². The lowest BCUT2D eigenvalue weighted by Crippen LogP contribution is -2.57. The Morgan fingerprint density at radius 3 is 3.00 bits per heavy atom. The van der Waals surface area contributed by atoms with E-state index in [2.05, 4.69) is 5.32 Å². The Morgan fingerprint density at radius 1 is 1.25 bits per heavy atom. The van der Waals surface area contributed by atoms with Crippen LogP contribution in [0.15, 0.2) is 41.8 Å². The van der Waals surface area contributed by atoms with Crippen LogP contribution in [0, 0.1) is 0 Å². The summed E-state index contributed by atoms with van der Waals surface area (Å²) in [5, 5.41) is 5.13. The number of nitrogens with one attached hydrogen (secondary N) is 1. The maximum absolute atomic E-state index is 13.1. The average molecular weight is 400 g/mol. The number of rotatable bonds is 5. The second-order valence-corrected chi connectivity index (χ2v) is 8.24. The van der Waals surface area contributed by atoms with E-state index in [1.54, 1.807) is 11.3 Å². The molecule has 2 aromatic rings. The maximum atomic E-state index is 13.1. The third-order valence-corrected chi connectivity index (χ3v) is 6.14. The van der Waals surface area contributed by atoms with Crippen molar-refractivity contribution in [3.8, 4) is 5.75 Å².